The summed E-state index contributed by atoms with van der Waals surface area (Å²) in [4.78, 5) is 15.5. The smallest absolute Gasteiger partial charge is 0.227 e. The van der Waals surface area contributed by atoms with Crippen molar-refractivity contribution in [3.05, 3.63) is 77.9 Å². The number of carbonyl (C=O) groups is 1. The molecule has 1 fully saturated rings. The van der Waals surface area contributed by atoms with E-state index in [1.54, 1.807) is 0 Å². The third kappa shape index (κ3) is 3.91. The van der Waals surface area contributed by atoms with Crippen LogP contribution in [0, 0.1) is 12.8 Å². The van der Waals surface area contributed by atoms with Gasteiger partial charge in [-0.3, -0.25) is 9.69 Å². The molecule has 0 unspecified atom stereocenters. The van der Waals surface area contributed by atoms with Gasteiger partial charge in [-0.15, -0.1) is 0 Å². The number of fused-ring (bicyclic) bond motifs is 3. The molecule has 1 saturated heterocycles. The molecule has 0 atom stereocenters. The van der Waals surface area contributed by atoms with Crippen LogP contribution >= 0.6 is 0 Å². The Labute approximate surface area is 189 Å². The predicted molar refractivity (Wildman–Crippen MR) is 133 cm³/mol. The Balaban J connectivity index is 1.26. The number of para-hydroxylation sites is 1. The highest BCUT2D eigenvalue weighted by atomic mass is 16.1. The molecule has 4 nitrogen and oxygen atoms in total. The summed E-state index contributed by atoms with van der Waals surface area (Å²) in [5.74, 6) is 0.231. The van der Waals surface area contributed by atoms with Gasteiger partial charge in [-0.2, -0.15) is 0 Å². The first-order chi connectivity index (χ1) is 15.6. The van der Waals surface area contributed by atoms with E-state index in [2.05, 4.69) is 89.3 Å². The van der Waals surface area contributed by atoms with Crippen LogP contribution in [0.2, 0.25) is 0 Å². The minimum Gasteiger partial charge on any atom is -0.341 e. The van der Waals surface area contributed by atoms with E-state index in [-0.39, 0.29) is 11.8 Å². The Bertz CT molecular complexity index is 1260. The number of nitrogens with zero attached hydrogens (tertiary/aromatic N) is 2. The number of likely N-dealkylation sites (tertiary alicyclic amines) is 1. The van der Waals surface area contributed by atoms with Crippen molar-refractivity contribution >= 4 is 33.4 Å². The van der Waals surface area contributed by atoms with Crippen molar-refractivity contribution in [1.29, 1.82) is 0 Å². The lowest BCUT2D eigenvalue weighted by Gasteiger charge is -2.31. The maximum Gasteiger partial charge on any atom is 0.227 e. The van der Waals surface area contributed by atoms with Gasteiger partial charge < -0.3 is 9.88 Å². The van der Waals surface area contributed by atoms with Crippen molar-refractivity contribution in [1.82, 2.24) is 9.47 Å². The minimum atomic E-state index is 0.0794. The number of aryl methyl sites for hydroxylation is 2. The molecule has 0 spiro atoms. The van der Waals surface area contributed by atoms with Crippen LogP contribution in [0.25, 0.3) is 21.8 Å². The molecular weight excluding hydrogens is 394 g/mol. The number of anilines is 1. The van der Waals surface area contributed by atoms with Crippen molar-refractivity contribution in [2.75, 3.05) is 18.4 Å². The molecule has 0 saturated carbocycles. The predicted octanol–water partition coefficient (Wildman–Crippen LogP) is 5.97. The van der Waals surface area contributed by atoms with Gasteiger partial charge in [-0.25, -0.2) is 0 Å². The lowest BCUT2D eigenvalue weighted by atomic mass is 9.95. The number of hydrogen-bond acceptors (Lipinski definition) is 2. The van der Waals surface area contributed by atoms with Gasteiger partial charge in [0.25, 0.3) is 0 Å². The molecule has 164 valence electrons. The van der Waals surface area contributed by atoms with Crippen LogP contribution in [0.4, 0.5) is 5.69 Å². The van der Waals surface area contributed by atoms with Crippen LogP contribution in [0.15, 0.2) is 66.7 Å². The van der Waals surface area contributed by atoms with Gasteiger partial charge in [0.05, 0.1) is 0 Å². The maximum atomic E-state index is 13.0. The van der Waals surface area contributed by atoms with E-state index in [1.165, 1.54) is 32.9 Å². The molecule has 4 aromatic rings. The first-order valence-electron chi connectivity index (χ1n) is 11.7. The highest BCUT2D eigenvalue weighted by molar-refractivity contribution is 6.09. The summed E-state index contributed by atoms with van der Waals surface area (Å²) in [6.07, 6.45) is 1.82. The van der Waals surface area contributed by atoms with E-state index in [0.717, 1.165) is 44.7 Å². The molecule has 0 bridgehead atoms. The summed E-state index contributed by atoms with van der Waals surface area (Å²) in [6, 6.07) is 23.4. The van der Waals surface area contributed by atoms with Gasteiger partial charge >= 0.3 is 0 Å². The number of piperidine rings is 1. The normalized spacial score (nSPS) is 15.4. The van der Waals surface area contributed by atoms with Crippen LogP contribution in [0.5, 0.6) is 0 Å². The monoisotopic (exact) mass is 425 g/mol. The van der Waals surface area contributed by atoms with Gasteiger partial charge in [0, 0.05) is 46.5 Å². The summed E-state index contributed by atoms with van der Waals surface area (Å²) in [5.41, 5.74) is 6.08. The molecule has 1 aromatic heterocycles. The van der Waals surface area contributed by atoms with Crippen molar-refractivity contribution in [2.45, 2.75) is 39.8 Å². The third-order valence-corrected chi connectivity index (χ3v) is 6.97. The molecule has 1 N–H and O–H groups in total. The number of amides is 1. The number of nitrogens with one attached hydrogen (secondary N) is 1. The van der Waals surface area contributed by atoms with Crippen LogP contribution in [-0.2, 0) is 17.9 Å². The van der Waals surface area contributed by atoms with Crippen LogP contribution in [0.1, 0.15) is 30.9 Å². The van der Waals surface area contributed by atoms with Gasteiger partial charge in [0.2, 0.25) is 5.91 Å². The second-order valence-electron chi connectivity index (χ2n) is 8.96. The highest BCUT2D eigenvalue weighted by Crippen LogP contribution is 2.31. The van der Waals surface area contributed by atoms with E-state index in [0.29, 0.717) is 0 Å². The molecule has 2 heterocycles. The SMILES string of the molecule is CCn1c2ccccc2c2cc(NC(=O)C3CCN(Cc4ccccc4C)CC3)ccc21. The number of benzene rings is 3. The Morgan fingerprint density at radius 3 is 2.44 bits per heavy atom. The lowest BCUT2D eigenvalue weighted by molar-refractivity contribution is -0.121. The summed E-state index contributed by atoms with van der Waals surface area (Å²) >= 11 is 0. The van der Waals surface area contributed by atoms with E-state index >= 15 is 0 Å². The topological polar surface area (TPSA) is 37.3 Å². The van der Waals surface area contributed by atoms with Gasteiger partial charge in [-0.1, -0.05) is 42.5 Å². The van der Waals surface area contributed by atoms with E-state index in [1.807, 2.05) is 6.07 Å². The van der Waals surface area contributed by atoms with Gasteiger partial charge in [-0.05, 0) is 75.2 Å². The fourth-order valence-corrected chi connectivity index (χ4v) is 5.10. The Hall–Kier alpha value is -3.11. The third-order valence-electron chi connectivity index (χ3n) is 6.97. The summed E-state index contributed by atoms with van der Waals surface area (Å²) in [6.45, 7) is 8.18. The highest BCUT2D eigenvalue weighted by Gasteiger charge is 2.25. The maximum absolute atomic E-state index is 13.0. The molecule has 1 aliphatic heterocycles. The zero-order valence-corrected chi connectivity index (χ0v) is 19.0. The largest absolute Gasteiger partial charge is 0.341 e. The van der Waals surface area contributed by atoms with Gasteiger partial charge in [0.1, 0.15) is 0 Å². The van der Waals surface area contributed by atoms with E-state index in [4.69, 9.17) is 0 Å². The lowest BCUT2D eigenvalue weighted by Crippen LogP contribution is -2.37. The molecule has 4 heteroatoms. The second kappa shape index (κ2) is 8.79. The van der Waals surface area contributed by atoms with Crippen molar-refractivity contribution in [3.8, 4) is 0 Å². The molecule has 3 aromatic carbocycles. The molecular formula is C28H31N3O. The van der Waals surface area contributed by atoms with E-state index < -0.39 is 0 Å². The molecule has 0 radical (unpaired) electrons. The molecule has 32 heavy (non-hydrogen) atoms. The second-order valence-corrected chi connectivity index (χ2v) is 8.96. The molecule has 0 aliphatic carbocycles. The minimum absolute atomic E-state index is 0.0794. The average Bonchev–Trinajstić information content (AvgIpc) is 3.14. The van der Waals surface area contributed by atoms with E-state index in [9.17, 15) is 4.79 Å². The Kier molecular flexibility index (Phi) is 5.71. The van der Waals surface area contributed by atoms with Crippen LogP contribution in [-0.4, -0.2) is 28.5 Å². The van der Waals surface area contributed by atoms with Crippen LogP contribution < -0.4 is 5.32 Å². The fraction of sp³-hybridized carbons (Fsp3) is 0.321. The zero-order valence-electron chi connectivity index (χ0n) is 19.0. The number of aromatic nitrogens is 1. The van der Waals surface area contributed by atoms with Crippen molar-refractivity contribution in [3.63, 3.8) is 0 Å². The van der Waals surface area contributed by atoms with Gasteiger partial charge in [0.15, 0.2) is 0 Å². The quantitative estimate of drug-likeness (QED) is 0.427. The molecule has 1 amide bonds. The summed E-state index contributed by atoms with van der Waals surface area (Å²) < 4.78 is 2.33. The Morgan fingerprint density at radius 2 is 1.66 bits per heavy atom. The zero-order chi connectivity index (χ0) is 22.1. The number of hydrogen-bond donors (Lipinski definition) is 1. The number of rotatable bonds is 5. The first-order valence-corrected chi connectivity index (χ1v) is 11.7. The summed E-state index contributed by atoms with van der Waals surface area (Å²) in [7, 11) is 0. The molecule has 1 aliphatic rings. The Morgan fingerprint density at radius 1 is 0.938 bits per heavy atom. The fourth-order valence-electron chi connectivity index (χ4n) is 5.10. The van der Waals surface area contributed by atoms with Crippen molar-refractivity contribution < 1.29 is 4.79 Å². The van der Waals surface area contributed by atoms with Crippen molar-refractivity contribution in [2.24, 2.45) is 5.92 Å². The van der Waals surface area contributed by atoms with Crippen LogP contribution in [0.3, 0.4) is 0 Å². The average molecular weight is 426 g/mol. The number of carbonyl (C=O) groups excluding carboxylic acids is 1. The molecule has 5 rings (SSSR count). The first kappa shape index (κ1) is 20.8. The standard InChI is InChI=1S/C28H31N3O/c1-3-31-26-11-7-6-10-24(26)25-18-23(12-13-27(25)31)29-28(32)21-14-16-30(17-15-21)19-22-9-5-4-8-20(22)2/h4-13,18,21H,3,14-17,19H2,1-2H3,(H,29,32). The summed E-state index contributed by atoms with van der Waals surface area (Å²) in [5, 5.41) is 5.65.